The number of carbonyl (C=O) groups is 1. The van der Waals surface area contributed by atoms with Gasteiger partial charge in [-0.1, -0.05) is 0 Å². The number of aromatic nitrogens is 2. The molecule has 1 amide bonds. The highest BCUT2D eigenvalue weighted by atomic mass is 16.2. The van der Waals surface area contributed by atoms with Gasteiger partial charge in [0.15, 0.2) is 5.82 Å². The molecular formula is C11H19N5O2. The summed E-state index contributed by atoms with van der Waals surface area (Å²) in [7, 11) is 0. The lowest BCUT2D eigenvalue weighted by Crippen LogP contribution is -2.41. The number of likely N-dealkylation sites (N-methyl/N-ethyl adjacent to an activating group) is 1. The Balaban J connectivity index is 2.81. The van der Waals surface area contributed by atoms with Crippen LogP contribution in [0.1, 0.15) is 20.8 Å². The molecule has 0 aromatic carbocycles. The van der Waals surface area contributed by atoms with E-state index in [1.54, 1.807) is 11.8 Å². The average molecular weight is 253 g/mol. The third-order valence-corrected chi connectivity index (χ3v) is 2.69. The highest BCUT2D eigenvalue weighted by Gasteiger charge is 2.19. The summed E-state index contributed by atoms with van der Waals surface area (Å²) >= 11 is 0. The molecule has 100 valence electrons. The van der Waals surface area contributed by atoms with E-state index in [1.165, 1.54) is 6.33 Å². The first-order valence-electron chi connectivity index (χ1n) is 5.89. The summed E-state index contributed by atoms with van der Waals surface area (Å²) in [5, 5.41) is 2.85. The summed E-state index contributed by atoms with van der Waals surface area (Å²) in [5.74, 6) is 0.174. The monoisotopic (exact) mass is 253 g/mol. The quantitative estimate of drug-likeness (QED) is 0.686. The lowest BCUT2D eigenvalue weighted by Gasteiger charge is -2.23. The predicted molar refractivity (Wildman–Crippen MR) is 70.3 cm³/mol. The minimum absolute atomic E-state index is 0.0169. The van der Waals surface area contributed by atoms with Gasteiger partial charge in [0.1, 0.15) is 11.7 Å². The van der Waals surface area contributed by atoms with E-state index in [0.717, 1.165) is 0 Å². The maximum atomic E-state index is 12.0. The molecule has 1 aromatic heterocycles. The molecule has 1 heterocycles. The molecule has 0 aliphatic rings. The van der Waals surface area contributed by atoms with Crippen molar-refractivity contribution in [2.75, 3.05) is 24.1 Å². The molecular weight excluding hydrogens is 234 g/mol. The van der Waals surface area contributed by atoms with Gasteiger partial charge in [-0.25, -0.2) is 4.98 Å². The Morgan fingerprint density at radius 1 is 1.56 bits per heavy atom. The summed E-state index contributed by atoms with van der Waals surface area (Å²) in [6, 6.07) is -0.485. The van der Waals surface area contributed by atoms with E-state index in [0.29, 0.717) is 13.1 Å². The summed E-state index contributed by atoms with van der Waals surface area (Å²) in [6.07, 6.45) is 1.25. The van der Waals surface area contributed by atoms with E-state index in [1.807, 2.05) is 13.8 Å². The Morgan fingerprint density at radius 2 is 2.17 bits per heavy atom. The highest BCUT2D eigenvalue weighted by Crippen LogP contribution is 2.10. The third-order valence-electron chi connectivity index (χ3n) is 2.69. The fourth-order valence-corrected chi connectivity index (χ4v) is 1.60. The summed E-state index contributed by atoms with van der Waals surface area (Å²) < 4.78 is 0. The van der Waals surface area contributed by atoms with Crippen molar-refractivity contribution in [2.24, 2.45) is 0 Å². The van der Waals surface area contributed by atoms with Crippen LogP contribution in [0.15, 0.2) is 11.1 Å². The van der Waals surface area contributed by atoms with Gasteiger partial charge in [0.05, 0.1) is 6.33 Å². The van der Waals surface area contributed by atoms with E-state index in [-0.39, 0.29) is 17.4 Å². The number of hydrogen-bond donors (Lipinski definition) is 3. The Labute approximate surface area is 105 Å². The van der Waals surface area contributed by atoms with Crippen molar-refractivity contribution < 1.29 is 4.79 Å². The van der Waals surface area contributed by atoms with Gasteiger partial charge in [-0.05, 0) is 20.8 Å². The fraction of sp³-hybridized carbons (Fsp3) is 0.545. The van der Waals surface area contributed by atoms with Gasteiger partial charge in [0.2, 0.25) is 5.91 Å². The molecule has 0 aliphatic carbocycles. The molecule has 7 heteroatoms. The first kappa shape index (κ1) is 14.0. The zero-order valence-electron chi connectivity index (χ0n) is 10.9. The Bertz CT molecular complexity index is 467. The number of hydrogen-bond acceptors (Lipinski definition) is 5. The number of amides is 1. The zero-order valence-corrected chi connectivity index (χ0v) is 10.9. The Kier molecular flexibility index (Phi) is 4.70. The Morgan fingerprint density at radius 3 is 2.72 bits per heavy atom. The van der Waals surface area contributed by atoms with E-state index >= 15 is 0 Å². The molecule has 0 aliphatic heterocycles. The van der Waals surface area contributed by atoms with E-state index in [9.17, 15) is 9.59 Å². The van der Waals surface area contributed by atoms with Crippen LogP contribution >= 0.6 is 0 Å². The van der Waals surface area contributed by atoms with Gasteiger partial charge in [0.25, 0.3) is 5.56 Å². The smallest absolute Gasteiger partial charge is 0.276 e. The number of nitrogens with two attached hydrogens (primary N) is 1. The minimum Gasteiger partial charge on any atom is -0.391 e. The van der Waals surface area contributed by atoms with Crippen LogP contribution < -0.4 is 16.6 Å². The molecule has 0 saturated carbocycles. The van der Waals surface area contributed by atoms with Crippen LogP contribution in [0.25, 0.3) is 0 Å². The molecule has 0 fully saturated rings. The maximum absolute atomic E-state index is 12.0. The van der Waals surface area contributed by atoms with Gasteiger partial charge < -0.3 is 20.9 Å². The van der Waals surface area contributed by atoms with Crippen LogP contribution in [-0.2, 0) is 4.79 Å². The van der Waals surface area contributed by atoms with Crippen molar-refractivity contribution in [1.82, 2.24) is 14.9 Å². The number of rotatable bonds is 5. The largest absolute Gasteiger partial charge is 0.391 e. The molecule has 1 atom stereocenters. The second kappa shape index (κ2) is 6.04. The van der Waals surface area contributed by atoms with Crippen LogP contribution in [0.5, 0.6) is 0 Å². The first-order chi connectivity index (χ1) is 8.51. The van der Waals surface area contributed by atoms with Gasteiger partial charge in [-0.2, -0.15) is 0 Å². The standard InChI is InChI=1S/C11H19N5O2/c1-4-16(5-2)11(18)7(3)15-9-8(12)10(17)14-6-13-9/h6-7H,4-5,12H2,1-3H3,(H2,13,14,15,17). The first-order valence-corrected chi connectivity index (χ1v) is 5.89. The van der Waals surface area contributed by atoms with Gasteiger partial charge in [-0.15, -0.1) is 0 Å². The topological polar surface area (TPSA) is 104 Å². The van der Waals surface area contributed by atoms with Crippen LogP contribution in [0, 0.1) is 0 Å². The lowest BCUT2D eigenvalue weighted by molar-refractivity contribution is -0.131. The summed E-state index contributed by atoms with van der Waals surface area (Å²) in [5.41, 5.74) is 5.14. The number of nitrogens with one attached hydrogen (secondary N) is 2. The molecule has 1 aromatic rings. The molecule has 0 saturated heterocycles. The molecule has 0 bridgehead atoms. The number of nitrogens with zero attached hydrogens (tertiary/aromatic N) is 2. The molecule has 18 heavy (non-hydrogen) atoms. The second-order valence-electron chi connectivity index (χ2n) is 3.87. The SMILES string of the molecule is CCN(CC)C(=O)C(C)Nc1nc[nH]c(=O)c1N. The van der Waals surface area contributed by atoms with Crippen molar-refractivity contribution in [1.29, 1.82) is 0 Å². The van der Waals surface area contributed by atoms with Crippen LogP contribution in [0.4, 0.5) is 11.5 Å². The number of anilines is 2. The lowest BCUT2D eigenvalue weighted by atomic mass is 10.2. The average Bonchev–Trinajstić information content (AvgIpc) is 2.36. The summed E-state index contributed by atoms with van der Waals surface area (Å²) in [4.78, 5) is 31.3. The van der Waals surface area contributed by atoms with Gasteiger partial charge in [0, 0.05) is 13.1 Å². The Hall–Kier alpha value is -2.05. The van der Waals surface area contributed by atoms with Crippen molar-refractivity contribution in [3.8, 4) is 0 Å². The fourth-order valence-electron chi connectivity index (χ4n) is 1.60. The highest BCUT2D eigenvalue weighted by molar-refractivity contribution is 5.84. The van der Waals surface area contributed by atoms with E-state index in [4.69, 9.17) is 5.73 Å². The number of carbonyl (C=O) groups excluding carboxylic acids is 1. The van der Waals surface area contributed by atoms with E-state index < -0.39 is 11.6 Å². The van der Waals surface area contributed by atoms with Gasteiger partial charge in [-0.3, -0.25) is 9.59 Å². The van der Waals surface area contributed by atoms with Crippen LogP contribution in [0.3, 0.4) is 0 Å². The molecule has 7 nitrogen and oxygen atoms in total. The van der Waals surface area contributed by atoms with Crippen molar-refractivity contribution >= 4 is 17.4 Å². The molecule has 1 unspecified atom stereocenters. The number of H-pyrrole nitrogens is 1. The summed E-state index contributed by atoms with van der Waals surface area (Å²) in [6.45, 7) is 6.81. The minimum atomic E-state index is -0.485. The second-order valence-corrected chi connectivity index (χ2v) is 3.87. The normalized spacial score (nSPS) is 11.9. The predicted octanol–water partition coefficient (Wildman–Crippen LogP) is 0.0209. The number of aromatic amines is 1. The third kappa shape index (κ3) is 2.99. The van der Waals surface area contributed by atoms with Crippen LogP contribution in [0.2, 0.25) is 0 Å². The molecule has 1 rings (SSSR count). The van der Waals surface area contributed by atoms with Crippen molar-refractivity contribution in [3.63, 3.8) is 0 Å². The number of nitrogen functional groups attached to an aromatic ring is 1. The van der Waals surface area contributed by atoms with E-state index in [2.05, 4.69) is 15.3 Å². The molecule has 0 radical (unpaired) electrons. The zero-order chi connectivity index (χ0) is 13.7. The van der Waals surface area contributed by atoms with Crippen molar-refractivity contribution in [2.45, 2.75) is 26.8 Å². The molecule has 4 N–H and O–H groups in total. The van der Waals surface area contributed by atoms with Crippen LogP contribution in [-0.4, -0.2) is 39.9 Å². The molecule has 0 spiro atoms. The van der Waals surface area contributed by atoms with Gasteiger partial charge >= 0.3 is 0 Å². The maximum Gasteiger partial charge on any atom is 0.276 e. The van der Waals surface area contributed by atoms with Crippen molar-refractivity contribution in [3.05, 3.63) is 16.7 Å².